The van der Waals surface area contributed by atoms with Gasteiger partial charge in [0.25, 0.3) is 0 Å². The van der Waals surface area contributed by atoms with Crippen molar-refractivity contribution in [2.24, 2.45) is 0 Å². The minimum absolute atomic E-state index is 0.125. The van der Waals surface area contributed by atoms with Crippen LogP contribution >= 0.6 is 11.3 Å². The number of thiazole rings is 1. The highest BCUT2D eigenvalue weighted by atomic mass is 32.1. The van der Waals surface area contributed by atoms with E-state index in [4.69, 9.17) is 5.11 Å². The van der Waals surface area contributed by atoms with Gasteiger partial charge < -0.3 is 10.4 Å². The molecule has 1 amide bonds. The number of hydrogen-bond acceptors (Lipinski definition) is 5. The fraction of sp³-hybridized carbons (Fsp3) is 0.286. The molecule has 0 bridgehead atoms. The Kier molecular flexibility index (Phi) is 5.39. The van der Waals surface area contributed by atoms with E-state index in [9.17, 15) is 9.59 Å². The standard InChI is InChI=1S/C14H15N3O3S/c18-12(7-10-3-2-6-15-8-10)17-14-16-11(9-21-14)4-1-5-13(19)20/h2-3,6,8-9H,1,4-5,7H2,(H,19,20)(H,16,17,18). The third kappa shape index (κ3) is 5.31. The molecule has 7 heteroatoms. The second kappa shape index (κ2) is 7.49. The molecular formula is C14H15N3O3S. The summed E-state index contributed by atoms with van der Waals surface area (Å²) in [5.74, 6) is -0.954. The Bertz CT molecular complexity index is 613. The summed E-state index contributed by atoms with van der Waals surface area (Å²) >= 11 is 1.34. The van der Waals surface area contributed by atoms with Crippen molar-refractivity contribution in [3.05, 3.63) is 41.2 Å². The number of carbonyl (C=O) groups excluding carboxylic acids is 1. The van der Waals surface area contributed by atoms with E-state index in [0.29, 0.717) is 18.0 Å². The first-order chi connectivity index (χ1) is 10.1. The van der Waals surface area contributed by atoms with Gasteiger partial charge in [-0.3, -0.25) is 14.6 Å². The fourth-order valence-corrected chi connectivity index (χ4v) is 2.51. The van der Waals surface area contributed by atoms with Gasteiger partial charge in [0, 0.05) is 24.2 Å². The number of pyridine rings is 1. The van der Waals surface area contributed by atoms with E-state index < -0.39 is 5.97 Å². The van der Waals surface area contributed by atoms with Crippen LogP contribution in [0.4, 0.5) is 5.13 Å². The molecule has 0 spiro atoms. The van der Waals surface area contributed by atoms with E-state index in [1.54, 1.807) is 18.5 Å². The maximum Gasteiger partial charge on any atom is 0.303 e. The normalized spacial score (nSPS) is 10.3. The van der Waals surface area contributed by atoms with Crippen LogP contribution in [0.3, 0.4) is 0 Å². The number of hydrogen-bond donors (Lipinski definition) is 2. The lowest BCUT2D eigenvalue weighted by Gasteiger charge is -2.01. The summed E-state index contributed by atoms with van der Waals surface area (Å²) in [4.78, 5) is 30.5. The fourth-order valence-electron chi connectivity index (χ4n) is 1.75. The van der Waals surface area contributed by atoms with Crippen molar-refractivity contribution >= 4 is 28.3 Å². The van der Waals surface area contributed by atoms with Gasteiger partial charge >= 0.3 is 5.97 Å². The van der Waals surface area contributed by atoms with Gasteiger partial charge in [-0.1, -0.05) is 6.07 Å². The molecule has 2 rings (SSSR count). The molecule has 2 aromatic rings. The zero-order valence-electron chi connectivity index (χ0n) is 11.3. The maximum absolute atomic E-state index is 11.8. The highest BCUT2D eigenvalue weighted by Gasteiger charge is 2.08. The Hall–Kier alpha value is -2.28. The molecular weight excluding hydrogens is 290 g/mol. The molecule has 21 heavy (non-hydrogen) atoms. The highest BCUT2D eigenvalue weighted by Crippen LogP contribution is 2.17. The van der Waals surface area contributed by atoms with Crippen molar-refractivity contribution in [2.45, 2.75) is 25.7 Å². The van der Waals surface area contributed by atoms with Gasteiger partial charge in [-0.25, -0.2) is 4.98 Å². The van der Waals surface area contributed by atoms with Crippen molar-refractivity contribution in [1.82, 2.24) is 9.97 Å². The number of aryl methyl sites for hydroxylation is 1. The molecule has 0 saturated heterocycles. The third-order valence-electron chi connectivity index (χ3n) is 2.71. The lowest BCUT2D eigenvalue weighted by Crippen LogP contribution is -2.14. The topological polar surface area (TPSA) is 92.2 Å². The van der Waals surface area contributed by atoms with Crippen molar-refractivity contribution in [1.29, 1.82) is 0 Å². The molecule has 2 N–H and O–H groups in total. The largest absolute Gasteiger partial charge is 0.481 e. The van der Waals surface area contributed by atoms with Crippen molar-refractivity contribution in [3.8, 4) is 0 Å². The summed E-state index contributed by atoms with van der Waals surface area (Å²) in [6.07, 6.45) is 4.83. The number of aliphatic carboxylic acids is 1. The first-order valence-corrected chi connectivity index (χ1v) is 7.36. The number of carboxylic acid groups (broad SMARTS) is 1. The number of anilines is 1. The molecule has 0 fully saturated rings. The number of carbonyl (C=O) groups is 2. The van der Waals surface area contributed by atoms with Gasteiger partial charge in [0.1, 0.15) is 0 Å². The smallest absolute Gasteiger partial charge is 0.303 e. The summed E-state index contributed by atoms with van der Waals surface area (Å²) in [7, 11) is 0. The van der Waals surface area contributed by atoms with E-state index in [1.807, 2.05) is 11.4 Å². The quantitative estimate of drug-likeness (QED) is 0.817. The maximum atomic E-state index is 11.8. The van der Waals surface area contributed by atoms with Crippen molar-refractivity contribution in [3.63, 3.8) is 0 Å². The highest BCUT2D eigenvalue weighted by molar-refractivity contribution is 7.13. The van der Waals surface area contributed by atoms with Crippen LogP contribution in [0.5, 0.6) is 0 Å². The molecule has 0 atom stereocenters. The lowest BCUT2D eigenvalue weighted by molar-refractivity contribution is -0.137. The molecule has 0 aliphatic carbocycles. The van der Waals surface area contributed by atoms with Crippen LogP contribution in [0.2, 0.25) is 0 Å². The molecule has 0 aromatic carbocycles. The molecule has 6 nitrogen and oxygen atoms in total. The van der Waals surface area contributed by atoms with Crippen LogP contribution in [-0.2, 0) is 22.4 Å². The Morgan fingerprint density at radius 1 is 1.38 bits per heavy atom. The van der Waals surface area contributed by atoms with Crippen LogP contribution in [0.25, 0.3) is 0 Å². The van der Waals surface area contributed by atoms with E-state index in [1.165, 1.54) is 11.3 Å². The zero-order chi connectivity index (χ0) is 15.1. The number of aromatic nitrogens is 2. The third-order valence-corrected chi connectivity index (χ3v) is 3.52. The average Bonchev–Trinajstić information content (AvgIpc) is 2.86. The van der Waals surface area contributed by atoms with Gasteiger partial charge in [0.05, 0.1) is 12.1 Å². The van der Waals surface area contributed by atoms with E-state index >= 15 is 0 Å². The number of rotatable bonds is 7. The van der Waals surface area contributed by atoms with Gasteiger partial charge in [-0.05, 0) is 24.5 Å². The Morgan fingerprint density at radius 3 is 2.95 bits per heavy atom. The van der Waals surface area contributed by atoms with E-state index in [-0.39, 0.29) is 18.7 Å². The summed E-state index contributed by atoms with van der Waals surface area (Å²) in [5, 5.41) is 13.7. The number of amides is 1. The van der Waals surface area contributed by atoms with E-state index in [0.717, 1.165) is 11.3 Å². The first-order valence-electron chi connectivity index (χ1n) is 6.48. The van der Waals surface area contributed by atoms with Crippen molar-refractivity contribution < 1.29 is 14.7 Å². The molecule has 2 heterocycles. The van der Waals surface area contributed by atoms with Gasteiger partial charge in [0.15, 0.2) is 5.13 Å². The number of nitrogens with one attached hydrogen (secondary N) is 1. The summed E-state index contributed by atoms with van der Waals surface area (Å²) in [5.41, 5.74) is 1.64. The van der Waals surface area contributed by atoms with Crippen LogP contribution in [-0.4, -0.2) is 27.0 Å². The Balaban J connectivity index is 1.81. The molecule has 0 aliphatic heterocycles. The van der Waals surface area contributed by atoms with Crippen molar-refractivity contribution in [2.75, 3.05) is 5.32 Å². The van der Waals surface area contributed by atoms with Gasteiger partial charge in [-0.2, -0.15) is 0 Å². The summed E-state index contributed by atoms with van der Waals surface area (Å²) in [6.45, 7) is 0. The van der Waals surface area contributed by atoms with Crippen LogP contribution < -0.4 is 5.32 Å². The predicted octanol–water partition coefficient (Wildman–Crippen LogP) is 2.13. The van der Waals surface area contributed by atoms with Crippen LogP contribution in [0.15, 0.2) is 29.9 Å². The second-order valence-electron chi connectivity index (χ2n) is 4.48. The molecule has 2 aromatic heterocycles. The van der Waals surface area contributed by atoms with Crippen LogP contribution in [0, 0.1) is 0 Å². The predicted molar refractivity (Wildman–Crippen MR) is 79.3 cm³/mol. The average molecular weight is 305 g/mol. The number of carboxylic acids is 1. The minimum Gasteiger partial charge on any atom is -0.481 e. The van der Waals surface area contributed by atoms with Gasteiger partial charge in [0.2, 0.25) is 5.91 Å². The van der Waals surface area contributed by atoms with Gasteiger partial charge in [-0.15, -0.1) is 11.3 Å². The lowest BCUT2D eigenvalue weighted by atomic mass is 10.2. The molecule has 0 saturated carbocycles. The Morgan fingerprint density at radius 2 is 2.24 bits per heavy atom. The number of nitrogens with zero attached hydrogens (tertiary/aromatic N) is 2. The van der Waals surface area contributed by atoms with E-state index in [2.05, 4.69) is 15.3 Å². The Labute approximate surface area is 125 Å². The summed E-state index contributed by atoms with van der Waals surface area (Å²) in [6, 6.07) is 3.62. The SMILES string of the molecule is O=C(O)CCCc1csc(NC(=O)Cc2cccnc2)n1. The first kappa shape index (κ1) is 15.1. The monoisotopic (exact) mass is 305 g/mol. The second-order valence-corrected chi connectivity index (χ2v) is 5.34. The minimum atomic E-state index is -0.810. The molecule has 0 unspecified atom stereocenters. The van der Waals surface area contributed by atoms with Crippen LogP contribution in [0.1, 0.15) is 24.1 Å². The zero-order valence-corrected chi connectivity index (χ0v) is 12.1. The molecule has 0 radical (unpaired) electrons. The summed E-state index contributed by atoms with van der Waals surface area (Å²) < 4.78 is 0. The molecule has 0 aliphatic rings. The molecule has 110 valence electrons.